The van der Waals surface area contributed by atoms with Gasteiger partial charge in [-0.25, -0.2) is 9.59 Å². The number of alkyl carbamates (subject to hydrolysis) is 1. The van der Waals surface area contributed by atoms with Gasteiger partial charge in [0.15, 0.2) is 5.96 Å². The van der Waals surface area contributed by atoms with Gasteiger partial charge in [-0.05, 0) is 42.2 Å². The summed E-state index contributed by atoms with van der Waals surface area (Å²) in [6, 6.07) is 24.2. The summed E-state index contributed by atoms with van der Waals surface area (Å²) in [5.74, 6) is -0.656. The van der Waals surface area contributed by atoms with Crippen LogP contribution in [-0.2, 0) is 16.1 Å². The quantitative estimate of drug-likeness (QED) is 0.0903. The van der Waals surface area contributed by atoms with E-state index in [1.54, 1.807) is 24.3 Å². The fourth-order valence-electron chi connectivity index (χ4n) is 3.94. The summed E-state index contributed by atoms with van der Waals surface area (Å²) in [6.07, 6.45) is -0.0299. The number of ether oxygens (including phenoxy) is 1. The molecule has 0 fully saturated rings. The first kappa shape index (κ1) is 26.9. The van der Waals surface area contributed by atoms with Crippen LogP contribution in [-0.4, -0.2) is 30.5 Å². The normalized spacial score (nSPS) is 11.4. The van der Waals surface area contributed by atoms with Gasteiger partial charge in [-0.15, -0.1) is 0 Å². The summed E-state index contributed by atoms with van der Waals surface area (Å²) in [6.45, 7) is 0.409. The van der Waals surface area contributed by atoms with Crippen molar-refractivity contribution >= 4 is 34.6 Å². The minimum Gasteiger partial charge on any atom is -0.445 e. The number of amides is 2. The molecule has 0 saturated carbocycles. The van der Waals surface area contributed by atoms with E-state index in [1.807, 2.05) is 60.7 Å². The van der Waals surface area contributed by atoms with Crippen LogP contribution in [0.4, 0.5) is 10.5 Å². The van der Waals surface area contributed by atoms with E-state index in [0.29, 0.717) is 35.2 Å². The molecule has 0 bridgehead atoms. The van der Waals surface area contributed by atoms with Crippen LogP contribution in [0.3, 0.4) is 0 Å². The maximum atomic E-state index is 13.1. The molecule has 4 rings (SSSR count). The summed E-state index contributed by atoms with van der Waals surface area (Å²) in [4.78, 5) is 38.2. The number of hydrogen-bond acceptors (Lipinski definition) is 6. The molecule has 1 atom stereocenters. The van der Waals surface area contributed by atoms with Crippen LogP contribution < -0.4 is 27.3 Å². The number of rotatable bonds is 10. The van der Waals surface area contributed by atoms with Crippen LogP contribution in [0.1, 0.15) is 18.4 Å². The van der Waals surface area contributed by atoms with Gasteiger partial charge in [0, 0.05) is 23.7 Å². The van der Waals surface area contributed by atoms with Gasteiger partial charge < -0.3 is 30.8 Å². The first-order valence-electron chi connectivity index (χ1n) is 12.4. The highest BCUT2D eigenvalue weighted by Crippen LogP contribution is 2.23. The fraction of sp³-hybridized carbons (Fsp3) is 0.172. The first-order valence-corrected chi connectivity index (χ1v) is 12.4. The largest absolute Gasteiger partial charge is 0.445 e. The lowest BCUT2D eigenvalue weighted by molar-refractivity contribution is -0.118. The minimum atomic E-state index is -0.926. The van der Waals surface area contributed by atoms with Crippen molar-refractivity contribution in [2.45, 2.75) is 25.5 Å². The zero-order chi connectivity index (χ0) is 27.6. The fourth-order valence-corrected chi connectivity index (χ4v) is 3.94. The van der Waals surface area contributed by atoms with Crippen LogP contribution in [0, 0.1) is 5.41 Å². The second-order valence-electron chi connectivity index (χ2n) is 8.80. The number of anilines is 1. The van der Waals surface area contributed by atoms with E-state index < -0.39 is 23.7 Å². The van der Waals surface area contributed by atoms with E-state index in [0.717, 1.165) is 11.1 Å². The summed E-state index contributed by atoms with van der Waals surface area (Å²) in [7, 11) is 0. The van der Waals surface area contributed by atoms with Crippen LogP contribution >= 0.6 is 0 Å². The lowest BCUT2D eigenvalue weighted by Gasteiger charge is -2.19. The molecule has 0 aliphatic rings. The third kappa shape index (κ3) is 7.68. The van der Waals surface area contributed by atoms with E-state index >= 15 is 0 Å². The molecular weight excluding hydrogens is 498 g/mol. The Kier molecular flexibility index (Phi) is 8.91. The van der Waals surface area contributed by atoms with Crippen molar-refractivity contribution in [3.05, 3.63) is 101 Å². The van der Waals surface area contributed by atoms with Crippen molar-refractivity contribution in [1.82, 2.24) is 10.6 Å². The van der Waals surface area contributed by atoms with E-state index in [2.05, 4.69) is 16.0 Å². The predicted octanol–water partition coefficient (Wildman–Crippen LogP) is 3.96. The molecular formula is C29H29N5O5. The first-order chi connectivity index (χ1) is 18.9. The van der Waals surface area contributed by atoms with Gasteiger partial charge >= 0.3 is 11.7 Å². The summed E-state index contributed by atoms with van der Waals surface area (Å²) in [5, 5.41) is 16.0. The zero-order valence-electron chi connectivity index (χ0n) is 21.1. The standard InChI is InChI=1S/C29H29N5O5/c30-28(31)32-15-7-12-24(34-29(37)38-18-19-8-3-1-4-9-19)26(35)33-22-14-13-21-16-23(20-10-5-2-6-11-20)27(36)39-25(21)17-22/h1-6,8-11,13-14,16-17,24H,7,12,15,18H2,(H,33,35)(H,34,37)(H4,30,31,32)/t24-/m0/s1. The smallest absolute Gasteiger partial charge is 0.408 e. The van der Waals surface area contributed by atoms with Crippen molar-refractivity contribution in [2.24, 2.45) is 5.73 Å². The number of benzene rings is 3. The van der Waals surface area contributed by atoms with Crippen molar-refractivity contribution in [3.63, 3.8) is 0 Å². The Morgan fingerprint density at radius 1 is 0.974 bits per heavy atom. The Hall–Kier alpha value is -5.12. The molecule has 2 amide bonds. The maximum Gasteiger partial charge on any atom is 0.408 e. The van der Waals surface area contributed by atoms with Crippen molar-refractivity contribution in [1.29, 1.82) is 5.41 Å². The summed E-state index contributed by atoms with van der Waals surface area (Å²) >= 11 is 0. The Balaban J connectivity index is 1.45. The molecule has 0 radical (unpaired) electrons. The summed E-state index contributed by atoms with van der Waals surface area (Å²) < 4.78 is 10.8. The van der Waals surface area contributed by atoms with Crippen LogP contribution in [0.5, 0.6) is 0 Å². The van der Waals surface area contributed by atoms with Gasteiger partial charge in [-0.2, -0.15) is 0 Å². The monoisotopic (exact) mass is 527 g/mol. The van der Waals surface area contributed by atoms with Crippen LogP contribution in [0.25, 0.3) is 22.1 Å². The molecule has 1 heterocycles. The molecule has 3 aromatic carbocycles. The molecule has 200 valence electrons. The van der Waals surface area contributed by atoms with Gasteiger partial charge in [-0.1, -0.05) is 60.7 Å². The number of fused-ring (bicyclic) bond motifs is 1. The lowest BCUT2D eigenvalue weighted by atomic mass is 10.1. The number of hydrogen-bond donors (Lipinski definition) is 5. The number of nitrogens with two attached hydrogens (primary N) is 1. The third-order valence-electron chi connectivity index (χ3n) is 5.89. The Morgan fingerprint density at radius 2 is 1.69 bits per heavy atom. The molecule has 39 heavy (non-hydrogen) atoms. The number of carbonyl (C=O) groups is 2. The number of guanidine groups is 1. The molecule has 4 aromatic rings. The Bertz CT molecular complexity index is 1510. The molecule has 10 heteroatoms. The highest BCUT2D eigenvalue weighted by molar-refractivity contribution is 5.98. The van der Waals surface area contributed by atoms with Crippen LogP contribution in [0.15, 0.2) is 94.1 Å². The van der Waals surface area contributed by atoms with E-state index in [9.17, 15) is 14.4 Å². The van der Waals surface area contributed by atoms with Gasteiger partial charge in [-0.3, -0.25) is 10.2 Å². The average molecular weight is 528 g/mol. The van der Waals surface area contributed by atoms with E-state index in [4.69, 9.17) is 20.3 Å². The second kappa shape index (κ2) is 12.9. The molecule has 6 N–H and O–H groups in total. The Labute approximate surface area is 224 Å². The minimum absolute atomic E-state index is 0.0571. The molecule has 0 saturated heterocycles. The molecule has 0 unspecified atom stereocenters. The lowest BCUT2D eigenvalue weighted by Crippen LogP contribution is -2.44. The molecule has 0 aliphatic heterocycles. The van der Waals surface area contributed by atoms with E-state index in [1.165, 1.54) is 0 Å². The topological polar surface area (TPSA) is 160 Å². The molecule has 0 spiro atoms. The molecule has 0 aliphatic carbocycles. The highest BCUT2D eigenvalue weighted by atomic mass is 16.5. The summed E-state index contributed by atoms with van der Waals surface area (Å²) in [5.41, 5.74) is 7.54. The molecule has 10 nitrogen and oxygen atoms in total. The van der Waals surface area contributed by atoms with Gasteiger partial charge in [0.1, 0.15) is 18.2 Å². The highest BCUT2D eigenvalue weighted by Gasteiger charge is 2.22. The number of carbonyl (C=O) groups excluding carboxylic acids is 2. The third-order valence-corrected chi connectivity index (χ3v) is 5.89. The van der Waals surface area contributed by atoms with Crippen LogP contribution in [0.2, 0.25) is 0 Å². The second-order valence-corrected chi connectivity index (χ2v) is 8.80. The Morgan fingerprint density at radius 3 is 2.41 bits per heavy atom. The van der Waals surface area contributed by atoms with Gasteiger partial charge in [0.05, 0.1) is 5.56 Å². The van der Waals surface area contributed by atoms with E-state index in [-0.39, 0.29) is 19.0 Å². The SMILES string of the molecule is N=C(N)NCCC[C@H](NC(=O)OCc1ccccc1)C(=O)Nc1ccc2cc(-c3ccccc3)c(=O)oc2c1. The number of nitrogens with one attached hydrogen (secondary N) is 4. The van der Waals surface area contributed by atoms with Crippen molar-refractivity contribution < 1.29 is 18.7 Å². The predicted molar refractivity (Wildman–Crippen MR) is 149 cm³/mol. The zero-order valence-corrected chi connectivity index (χ0v) is 21.1. The van der Waals surface area contributed by atoms with Gasteiger partial charge in [0.25, 0.3) is 0 Å². The molecule has 1 aromatic heterocycles. The average Bonchev–Trinajstić information content (AvgIpc) is 2.94. The van der Waals surface area contributed by atoms with Gasteiger partial charge in [0.2, 0.25) is 5.91 Å². The van der Waals surface area contributed by atoms with Crippen molar-refractivity contribution in [3.8, 4) is 11.1 Å². The maximum absolute atomic E-state index is 13.1. The van der Waals surface area contributed by atoms with Crippen molar-refractivity contribution in [2.75, 3.05) is 11.9 Å².